The van der Waals surface area contributed by atoms with Gasteiger partial charge in [0.1, 0.15) is 13.2 Å². The summed E-state index contributed by atoms with van der Waals surface area (Å²) < 4.78 is 9.61. The summed E-state index contributed by atoms with van der Waals surface area (Å²) in [6.45, 7) is 7.37. The smallest absolute Gasteiger partial charge is 0.331 e. The van der Waals surface area contributed by atoms with E-state index in [2.05, 4.69) is 17.9 Å². The van der Waals surface area contributed by atoms with Crippen molar-refractivity contribution in [2.24, 2.45) is 0 Å². The first kappa shape index (κ1) is 12.6. The van der Waals surface area contributed by atoms with Crippen LogP contribution in [0.3, 0.4) is 0 Å². The second kappa shape index (κ2) is 8.19. The van der Waals surface area contributed by atoms with E-state index in [0.29, 0.717) is 6.61 Å². The topological polar surface area (TPSA) is 35.5 Å². The zero-order valence-electron chi connectivity index (χ0n) is 7.77. The van der Waals surface area contributed by atoms with Crippen LogP contribution >= 0.6 is 12.2 Å². The Morgan fingerprint density at radius 1 is 1.14 bits per heavy atom. The highest BCUT2D eigenvalue weighted by molar-refractivity contribution is 7.80. The Morgan fingerprint density at radius 2 is 1.71 bits per heavy atom. The molecule has 0 rings (SSSR count). The number of hydrogen-bond donors (Lipinski definition) is 0. The van der Waals surface area contributed by atoms with Gasteiger partial charge in [0.2, 0.25) is 0 Å². The Morgan fingerprint density at radius 3 is 2.29 bits per heavy atom. The molecule has 0 saturated carbocycles. The molecule has 0 aromatic carbocycles. The van der Waals surface area contributed by atoms with Crippen LogP contribution in [-0.4, -0.2) is 24.2 Å². The van der Waals surface area contributed by atoms with Crippen LogP contribution in [0.4, 0.5) is 0 Å². The van der Waals surface area contributed by atoms with E-state index in [0.717, 1.165) is 0 Å². The van der Waals surface area contributed by atoms with Crippen LogP contribution in [0, 0.1) is 0 Å². The molecular formula is C10H12O3S. The third-order valence-electron chi connectivity index (χ3n) is 1.04. The molecule has 0 amide bonds. The fourth-order valence-corrected chi connectivity index (χ4v) is 0.651. The number of ether oxygens (including phenoxy) is 2. The number of esters is 1. The van der Waals surface area contributed by atoms with Crippen LogP contribution in [0.15, 0.2) is 37.5 Å². The average molecular weight is 212 g/mol. The molecule has 3 nitrogen and oxygen atoms in total. The predicted octanol–water partition coefficient (Wildman–Crippen LogP) is 1.80. The van der Waals surface area contributed by atoms with Crippen molar-refractivity contribution in [3.05, 3.63) is 37.5 Å². The van der Waals surface area contributed by atoms with Gasteiger partial charge in [0.05, 0.1) is 0 Å². The maximum absolute atomic E-state index is 10.9. The molecule has 0 radical (unpaired) electrons. The van der Waals surface area contributed by atoms with Crippen LogP contribution in [-0.2, 0) is 14.3 Å². The van der Waals surface area contributed by atoms with Crippen LogP contribution in [0.5, 0.6) is 0 Å². The van der Waals surface area contributed by atoms with Gasteiger partial charge in [0.15, 0.2) is 5.05 Å². The summed E-state index contributed by atoms with van der Waals surface area (Å²) in [7, 11) is 0. The Labute approximate surface area is 88.7 Å². The fourth-order valence-electron chi connectivity index (χ4n) is 0.514. The summed E-state index contributed by atoms with van der Waals surface area (Å²) >= 11 is 4.77. The summed E-state index contributed by atoms with van der Waals surface area (Å²) in [5.74, 6) is -0.477. The minimum absolute atomic E-state index is 0.184. The van der Waals surface area contributed by atoms with Gasteiger partial charge in [-0.3, -0.25) is 0 Å². The Hall–Kier alpha value is -1.42. The molecule has 0 aliphatic carbocycles. The maximum atomic E-state index is 10.9. The van der Waals surface area contributed by atoms with Gasteiger partial charge in [-0.25, -0.2) is 4.79 Å². The molecule has 0 saturated heterocycles. The van der Waals surface area contributed by atoms with Crippen LogP contribution in [0.2, 0.25) is 0 Å². The zero-order valence-corrected chi connectivity index (χ0v) is 8.59. The summed E-state index contributed by atoms with van der Waals surface area (Å²) in [4.78, 5) is 10.9. The van der Waals surface area contributed by atoms with Crippen molar-refractivity contribution >= 4 is 23.2 Å². The van der Waals surface area contributed by atoms with E-state index in [-0.39, 0.29) is 11.7 Å². The monoisotopic (exact) mass is 212 g/mol. The number of carbonyl (C=O) groups is 1. The molecule has 0 aliphatic rings. The van der Waals surface area contributed by atoms with Crippen molar-refractivity contribution in [1.29, 1.82) is 0 Å². The van der Waals surface area contributed by atoms with Crippen LogP contribution < -0.4 is 0 Å². The number of thiocarbonyl (C=S) groups is 1. The molecular weight excluding hydrogens is 200 g/mol. The van der Waals surface area contributed by atoms with Crippen LogP contribution in [0.1, 0.15) is 0 Å². The lowest BCUT2D eigenvalue weighted by Gasteiger charge is -1.98. The second-order valence-electron chi connectivity index (χ2n) is 2.17. The molecule has 0 aromatic rings. The van der Waals surface area contributed by atoms with Gasteiger partial charge in [0.25, 0.3) is 0 Å². The predicted molar refractivity (Wildman–Crippen MR) is 59.0 cm³/mol. The van der Waals surface area contributed by atoms with E-state index in [1.54, 1.807) is 6.08 Å². The van der Waals surface area contributed by atoms with Gasteiger partial charge in [-0.15, -0.1) is 0 Å². The standard InChI is InChI=1S/C10H12O3S/c1-3-7-12-9(11)5-6-10(14)13-8-4-2/h3-6H,1-2,7-8H2/b6-5-. The van der Waals surface area contributed by atoms with Crippen molar-refractivity contribution in [2.75, 3.05) is 13.2 Å². The summed E-state index contributed by atoms with van der Waals surface area (Å²) in [5.41, 5.74) is 0. The third kappa shape index (κ3) is 7.24. The summed E-state index contributed by atoms with van der Waals surface area (Å²) in [6, 6.07) is 0. The Balaban J connectivity index is 3.78. The summed E-state index contributed by atoms with van der Waals surface area (Å²) in [6.07, 6.45) is 5.62. The zero-order chi connectivity index (χ0) is 10.8. The molecule has 0 fully saturated rings. The first-order valence-corrected chi connectivity index (χ1v) is 4.35. The van der Waals surface area contributed by atoms with Crippen molar-refractivity contribution in [2.45, 2.75) is 0 Å². The first-order chi connectivity index (χ1) is 6.70. The highest BCUT2D eigenvalue weighted by Crippen LogP contribution is 1.88. The van der Waals surface area contributed by atoms with Gasteiger partial charge >= 0.3 is 5.97 Å². The van der Waals surface area contributed by atoms with Crippen molar-refractivity contribution in [1.82, 2.24) is 0 Å². The third-order valence-corrected chi connectivity index (χ3v) is 1.30. The highest BCUT2D eigenvalue weighted by Gasteiger charge is 1.95. The van der Waals surface area contributed by atoms with E-state index in [1.807, 2.05) is 0 Å². The summed E-state index contributed by atoms with van der Waals surface area (Å²) in [5, 5.41) is 0.223. The lowest BCUT2D eigenvalue weighted by molar-refractivity contribution is -0.136. The minimum atomic E-state index is -0.477. The molecule has 4 heteroatoms. The van der Waals surface area contributed by atoms with Gasteiger partial charge in [-0.1, -0.05) is 25.3 Å². The van der Waals surface area contributed by atoms with Gasteiger partial charge in [-0.05, 0) is 18.3 Å². The largest absolute Gasteiger partial charge is 0.479 e. The normalized spacial score (nSPS) is 9.43. The van der Waals surface area contributed by atoms with E-state index in [9.17, 15) is 4.79 Å². The number of rotatable bonds is 6. The quantitative estimate of drug-likeness (QED) is 0.291. The molecule has 0 unspecified atom stereocenters. The maximum Gasteiger partial charge on any atom is 0.331 e. The van der Waals surface area contributed by atoms with E-state index < -0.39 is 5.97 Å². The Kier molecular flexibility index (Phi) is 7.36. The number of hydrogen-bond acceptors (Lipinski definition) is 4. The van der Waals surface area contributed by atoms with Crippen molar-refractivity contribution < 1.29 is 14.3 Å². The van der Waals surface area contributed by atoms with Gasteiger partial charge < -0.3 is 9.47 Å². The molecule has 0 bridgehead atoms. The van der Waals surface area contributed by atoms with Crippen molar-refractivity contribution in [3.8, 4) is 0 Å². The average Bonchev–Trinajstić information content (AvgIpc) is 2.20. The Bertz CT molecular complexity index is 230. The molecule has 0 aromatic heterocycles. The van der Waals surface area contributed by atoms with E-state index in [4.69, 9.17) is 17.0 Å². The second-order valence-corrected chi connectivity index (χ2v) is 2.57. The number of carbonyl (C=O) groups excluding carboxylic acids is 1. The molecule has 0 atom stereocenters. The van der Waals surface area contributed by atoms with Gasteiger partial charge in [-0.2, -0.15) is 0 Å². The lowest BCUT2D eigenvalue weighted by atomic mass is 10.5. The molecule has 0 N–H and O–H groups in total. The van der Waals surface area contributed by atoms with Crippen LogP contribution in [0.25, 0.3) is 0 Å². The fraction of sp³-hybridized carbons (Fsp3) is 0.200. The van der Waals surface area contributed by atoms with Gasteiger partial charge in [0, 0.05) is 6.08 Å². The molecule has 0 spiro atoms. The van der Waals surface area contributed by atoms with E-state index in [1.165, 1.54) is 18.2 Å². The first-order valence-electron chi connectivity index (χ1n) is 3.94. The molecule has 76 valence electrons. The highest BCUT2D eigenvalue weighted by atomic mass is 32.1. The van der Waals surface area contributed by atoms with Crippen molar-refractivity contribution in [3.63, 3.8) is 0 Å². The SMILES string of the molecule is C=CCOC(=O)/C=C\C(=S)OCC=C. The molecule has 0 aliphatic heterocycles. The lowest BCUT2D eigenvalue weighted by Crippen LogP contribution is -2.02. The molecule has 0 heterocycles. The molecule has 14 heavy (non-hydrogen) atoms. The van der Waals surface area contributed by atoms with E-state index >= 15 is 0 Å². The minimum Gasteiger partial charge on any atom is -0.479 e.